The van der Waals surface area contributed by atoms with Gasteiger partial charge in [0.2, 0.25) is 0 Å². The summed E-state index contributed by atoms with van der Waals surface area (Å²) in [6.45, 7) is 6.35. The highest BCUT2D eigenvalue weighted by Crippen LogP contribution is 2.46. The molecule has 1 aromatic heterocycles. The first kappa shape index (κ1) is 13.1. The molecule has 0 bridgehead atoms. The molecule has 3 heterocycles. The Balaban J connectivity index is 1.59. The number of hydrogen-bond donors (Lipinski definition) is 0. The van der Waals surface area contributed by atoms with Gasteiger partial charge < -0.3 is 14.1 Å². The van der Waals surface area contributed by atoms with Gasteiger partial charge in [0.05, 0.1) is 17.1 Å². The van der Waals surface area contributed by atoms with Gasteiger partial charge in [-0.2, -0.15) is 0 Å². The van der Waals surface area contributed by atoms with Crippen LogP contribution in [0.4, 0.5) is 0 Å². The number of rotatable bonds is 3. The van der Waals surface area contributed by atoms with Crippen LogP contribution in [-0.4, -0.2) is 47.1 Å². The van der Waals surface area contributed by atoms with Gasteiger partial charge in [-0.25, -0.2) is 0 Å². The van der Waals surface area contributed by atoms with E-state index in [1.165, 1.54) is 0 Å². The molecule has 0 saturated carbocycles. The van der Waals surface area contributed by atoms with Crippen LogP contribution in [0.2, 0.25) is 0 Å². The van der Waals surface area contributed by atoms with Crippen LogP contribution in [0.5, 0.6) is 0 Å². The van der Waals surface area contributed by atoms with Crippen molar-refractivity contribution in [1.29, 1.82) is 0 Å². The number of ether oxygens (including phenoxy) is 1. The highest BCUT2D eigenvalue weighted by atomic mass is 32.2. The number of hydrogen-bond acceptors (Lipinski definition) is 4. The standard InChI is InChI=1S/C14H19NO3S/c1-3-17-11-6-14(19-7-11)8-15(9-14)13(16)12-10(2)4-5-18-12/h4-5,11H,3,6-9H2,1-2H3/t11-/m1/s1. The molecule has 1 spiro atoms. The van der Waals surface area contributed by atoms with Crippen molar-refractivity contribution in [2.45, 2.75) is 31.1 Å². The molecule has 0 aliphatic carbocycles. The fraction of sp³-hybridized carbons (Fsp3) is 0.643. The van der Waals surface area contributed by atoms with Crippen molar-refractivity contribution >= 4 is 17.7 Å². The molecular weight excluding hydrogens is 262 g/mol. The number of furan rings is 1. The number of amides is 1. The number of thioether (sulfide) groups is 1. The van der Waals surface area contributed by atoms with Crippen molar-refractivity contribution in [2.24, 2.45) is 0 Å². The van der Waals surface area contributed by atoms with Crippen molar-refractivity contribution in [1.82, 2.24) is 4.90 Å². The topological polar surface area (TPSA) is 42.7 Å². The van der Waals surface area contributed by atoms with Crippen molar-refractivity contribution in [3.63, 3.8) is 0 Å². The third-order valence-electron chi connectivity index (χ3n) is 3.88. The van der Waals surface area contributed by atoms with Crippen molar-refractivity contribution < 1.29 is 13.9 Å². The van der Waals surface area contributed by atoms with Crippen LogP contribution >= 0.6 is 11.8 Å². The van der Waals surface area contributed by atoms with E-state index in [1.807, 2.05) is 36.6 Å². The zero-order valence-electron chi connectivity index (χ0n) is 11.3. The van der Waals surface area contributed by atoms with Gasteiger partial charge in [-0.1, -0.05) is 0 Å². The molecule has 2 saturated heterocycles. The van der Waals surface area contributed by atoms with E-state index in [1.54, 1.807) is 6.26 Å². The third kappa shape index (κ3) is 2.30. The van der Waals surface area contributed by atoms with E-state index in [2.05, 4.69) is 0 Å². The minimum atomic E-state index is 0.0218. The largest absolute Gasteiger partial charge is 0.459 e. The maximum absolute atomic E-state index is 12.2. The number of carbonyl (C=O) groups is 1. The van der Waals surface area contributed by atoms with Gasteiger partial charge in [0.15, 0.2) is 5.76 Å². The summed E-state index contributed by atoms with van der Waals surface area (Å²) in [4.78, 5) is 14.1. The molecule has 104 valence electrons. The SMILES string of the molecule is CCO[C@H]1CSC2(C1)CN(C(=O)c1occc1C)C2. The zero-order chi connectivity index (χ0) is 13.5. The van der Waals surface area contributed by atoms with Crippen LogP contribution in [0.3, 0.4) is 0 Å². The molecule has 2 fully saturated rings. The lowest BCUT2D eigenvalue weighted by Gasteiger charge is -2.47. The summed E-state index contributed by atoms with van der Waals surface area (Å²) in [5.74, 6) is 1.56. The van der Waals surface area contributed by atoms with E-state index < -0.39 is 0 Å². The Labute approximate surface area is 117 Å². The van der Waals surface area contributed by atoms with E-state index >= 15 is 0 Å². The number of likely N-dealkylation sites (tertiary alicyclic amines) is 1. The lowest BCUT2D eigenvalue weighted by molar-refractivity contribution is 0.0340. The van der Waals surface area contributed by atoms with Crippen molar-refractivity contribution in [3.05, 3.63) is 23.7 Å². The smallest absolute Gasteiger partial charge is 0.289 e. The summed E-state index contributed by atoms with van der Waals surface area (Å²) >= 11 is 1.95. The van der Waals surface area contributed by atoms with Crippen molar-refractivity contribution in [3.8, 4) is 0 Å². The van der Waals surface area contributed by atoms with Gasteiger partial charge in [0.25, 0.3) is 5.91 Å². The second-order valence-corrected chi connectivity index (χ2v) is 6.86. The van der Waals surface area contributed by atoms with Crippen LogP contribution in [0, 0.1) is 6.92 Å². The second-order valence-electron chi connectivity index (χ2n) is 5.37. The van der Waals surface area contributed by atoms with Gasteiger partial charge in [0.1, 0.15) is 0 Å². The van der Waals surface area contributed by atoms with Crippen LogP contribution in [0.15, 0.2) is 16.7 Å². The zero-order valence-corrected chi connectivity index (χ0v) is 12.2. The van der Waals surface area contributed by atoms with Crippen LogP contribution in [0.25, 0.3) is 0 Å². The normalized spacial score (nSPS) is 24.7. The minimum absolute atomic E-state index is 0.0218. The lowest BCUT2D eigenvalue weighted by Crippen LogP contribution is -2.60. The first-order valence-electron chi connectivity index (χ1n) is 6.72. The maximum Gasteiger partial charge on any atom is 0.289 e. The van der Waals surface area contributed by atoms with Crippen LogP contribution in [-0.2, 0) is 4.74 Å². The fourth-order valence-electron chi connectivity index (χ4n) is 2.89. The molecule has 0 radical (unpaired) electrons. The molecule has 2 aliphatic rings. The van der Waals surface area contributed by atoms with E-state index in [9.17, 15) is 4.79 Å². The van der Waals surface area contributed by atoms with Gasteiger partial charge >= 0.3 is 0 Å². The molecule has 0 N–H and O–H groups in total. The van der Waals surface area contributed by atoms with Gasteiger partial charge in [-0.15, -0.1) is 11.8 Å². The quantitative estimate of drug-likeness (QED) is 0.853. The summed E-state index contributed by atoms with van der Waals surface area (Å²) < 4.78 is 11.2. The highest BCUT2D eigenvalue weighted by molar-refractivity contribution is 8.01. The Kier molecular flexibility index (Phi) is 3.35. The number of carbonyl (C=O) groups excluding carboxylic acids is 1. The fourth-order valence-corrected chi connectivity index (χ4v) is 4.45. The Morgan fingerprint density at radius 3 is 3.05 bits per heavy atom. The molecular formula is C14H19NO3S. The van der Waals surface area contributed by atoms with E-state index in [0.29, 0.717) is 11.9 Å². The van der Waals surface area contributed by atoms with Gasteiger partial charge in [0, 0.05) is 31.0 Å². The van der Waals surface area contributed by atoms with E-state index in [-0.39, 0.29) is 10.7 Å². The first-order chi connectivity index (χ1) is 9.13. The summed E-state index contributed by atoms with van der Waals surface area (Å²) in [6.07, 6.45) is 3.00. The molecule has 0 aromatic carbocycles. The molecule has 3 rings (SSSR count). The Bertz CT molecular complexity index is 479. The molecule has 2 aliphatic heterocycles. The Hall–Kier alpha value is -0.940. The minimum Gasteiger partial charge on any atom is -0.459 e. The third-order valence-corrected chi connectivity index (χ3v) is 5.45. The van der Waals surface area contributed by atoms with Gasteiger partial charge in [-0.3, -0.25) is 4.79 Å². The maximum atomic E-state index is 12.2. The van der Waals surface area contributed by atoms with E-state index in [0.717, 1.165) is 37.4 Å². The molecule has 4 nitrogen and oxygen atoms in total. The summed E-state index contributed by atoms with van der Waals surface area (Å²) in [7, 11) is 0. The molecule has 0 unspecified atom stereocenters. The molecule has 1 amide bonds. The summed E-state index contributed by atoms with van der Waals surface area (Å²) in [6, 6.07) is 1.83. The Morgan fingerprint density at radius 2 is 2.42 bits per heavy atom. The first-order valence-corrected chi connectivity index (χ1v) is 7.71. The molecule has 1 atom stereocenters. The van der Waals surface area contributed by atoms with Crippen molar-refractivity contribution in [2.75, 3.05) is 25.4 Å². The Morgan fingerprint density at radius 1 is 1.63 bits per heavy atom. The molecule has 1 aromatic rings. The van der Waals surface area contributed by atoms with Crippen LogP contribution in [0.1, 0.15) is 29.5 Å². The van der Waals surface area contributed by atoms with E-state index in [4.69, 9.17) is 9.15 Å². The molecule has 19 heavy (non-hydrogen) atoms. The monoisotopic (exact) mass is 281 g/mol. The van der Waals surface area contributed by atoms with Crippen LogP contribution < -0.4 is 0 Å². The highest BCUT2D eigenvalue weighted by Gasteiger charge is 2.51. The molecule has 5 heteroatoms. The lowest BCUT2D eigenvalue weighted by atomic mass is 9.92. The number of nitrogens with zero attached hydrogens (tertiary/aromatic N) is 1. The predicted molar refractivity (Wildman–Crippen MR) is 74.6 cm³/mol. The summed E-state index contributed by atoms with van der Waals surface area (Å²) in [5.41, 5.74) is 0.914. The number of aryl methyl sites for hydroxylation is 1. The predicted octanol–water partition coefficient (Wildman–Crippen LogP) is 2.32. The second kappa shape index (κ2) is 4.87. The average Bonchev–Trinajstić information content (AvgIpc) is 2.93. The van der Waals surface area contributed by atoms with Gasteiger partial charge in [-0.05, 0) is 26.3 Å². The average molecular weight is 281 g/mol. The summed E-state index contributed by atoms with van der Waals surface area (Å²) in [5, 5.41) is 0.